The summed E-state index contributed by atoms with van der Waals surface area (Å²) in [5.74, 6) is 0. The predicted octanol–water partition coefficient (Wildman–Crippen LogP) is 1.98. The molecule has 2 rings (SSSR count). The number of hydrogen-bond donors (Lipinski definition) is 1. The van der Waals surface area contributed by atoms with Crippen LogP contribution in [0.3, 0.4) is 0 Å². The number of hydrogen-bond acceptors (Lipinski definition) is 3. The third-order valence-electron chi connectivity index (χ3n) is 3.19. The van der Waals surface area contributed by atoms with E-state index < -0.39 is 0 Å². The van der Waals surface area contributed by atoms with Crippen molar-refractivity contribution in [1.29, 1.82) is 0 Å². The molecule has 0 unspecified atom stereocenters. The second-order valence-corrected chi connectivity index (χ2v) is 4.86. The fraction of sp³-hybridized carbons (Fsp3) is 0.500. The number of nitrogen functional groups attached to an aromatic ring is 1. The monoisotopic (exact) mass is 239 g/mol. The summed E-state index contributed by atoms with van der Waals surface area (Å²) in [6.45, 7) is 6.30. The number of piperazine rings is 1. The minimum absolute atomic E-state index is 0.661. The number of likely N-dealkylation sites (N-methyl/N-ethyl adjacent to an activating group) is 1. The molecule has 0 radical (unpaired) electrons. The average molecular weight is 240 g/mol. The lowest BCUT2D eigenvalue weighted by atomic mass is 10.1. The van der Waals surface area contributed by atoms with Crippen LogP contribution in [0.15, 0.2) is 12.1 Å². The SMILES string of the molecule is Cc1cc(N2CCN(C)CC2)cc(Cl)c1N. The Morgan fingerprint density at radius 2 is 1.81 bits per heavy atom. The smallest absolute Gasteiger partial charge is 0.0658 e. The van der Waals surface area contributed by atoms with Crippen LogP contribution in [-0.4, -0.2) is 38.1 Å². The molecule has 1 aromatic rings. The number of nitrogens with zero attached hydrogens (tertiary/aromatic N) is 2. The van der Waals surface area contributed by atoms with Crippen molar-refractivity contribution in [3.05, 3.63) is 22.7 Å². The van der Waals surface area contributed by atoms with E-state index >= 15 is 0 Å². The maximum atomic E-state index is 6.10. The van der Waals surface area contributed by atoms with Gasteiger partial charge in [-0.3, -0.25) is 0 Å². The van der Waals surface area contributed by atoms with Gasteiger partial charge in [-0.2, -0.15) is 0 Å². The maximum Gasteiger partial charge on any atom is 0.0658 e. The van der Waals surface area contributed by atoms with Gasteiger partial charge in [0.25, 0.3) is 0 Å². The summed E-state index contributed by atoms with van der Waals surface area (Å²) in [4.78, 5) is 4.70. The minimum Gasteiger partial charge on any atom is -0.397 e. The van der Waals surface area contributed by atoms with Gasteiger partial charge in [0.1, 0.15) is 0 Å². The molecule has 0 spiro atoms. The van der Waals surface area contributed by atoms with Crippen molar-refractivity contribution >= 4 is 23.0 Å². The first-order chi connectivity index (χ1) is 7.58. The Morgan fingerprint density at radius 3 is 2.38 bits per heavy atom. The molecule has 0 atom stereocenters. The Labute approximate surface area is 102 Å². The third-order valence-corrected chi connectivity index (χ3v) is 3.50. The van der Waals surface area contributed by atoms with Crippen LogP contribution < -0.4 is 10.6 Å². The van der Waals surface area contributed by atoms with Crippen LogP contribution >= 0.6 is 11.6 Å². The molecule has 0 aromatic heterocycles. The molecule has 4 heteroatoms. The van der Waals surface area contributed by atoms with E-state index in [2.05, 4.69) is 22.9 Å². The Morgan fingerprint density at radius 1 is 1.19 bits per heavy atom. The number of nitrogens with two attached hydrogens (primary N) is 1. The van der Waals surface area contributed by atoms with Gasteiger partial charge in [-0.25, -0.2) is 0 Å². The molecule has 1 aliphatic heterocycles. The lowest BCUT2D eigenvalue weighted by molar-refractivity contribution is 0.313. The third kappa shape index (κ3) is 2.25. The van der Waals surface area contributed by atoms with E-state index in [0.717, 1.165) is 31.7 Å². The Balaban J connectivity index is 2.21. The summed E-state index contributed by atoms with van der Waals surface area (Å²) < 4.78 is 0. The standard InChI is InChI=1S/C12H18ClN3/c1-9-7-10(8-11(13)12(9)14)16-5-3-15(2)4-6-16/h7-8H,3-6,14H2,1-2H3. The van der Waals surface area contributed by atoms with Crippen LogP contribution in [0, 0.1) is 6.92 Å². The summed E-state index contributed by atoms with van der Waals surface area (Å²) in [6.07, 6.45) is 0. The average Bonchev–Trinajstić information content (AvgIpc) is 2.26. The molecule has 1 aromatic carbocycles. The van der Waals surface area contributed by atoms with Gasteiger partial charge >= 0.3 is 0 Å². The lowest BCUT2D eigenvalue weighted by Crippen LogP contribution is -2.44. The molecular weight excluding hydrogens is 222 g/mol. The topological polar surface area (TPSA) is 32.5 Å². The molecule has 0 saturated carbocycles. The fourth-order valence-electron chi connectivity index (χ4n) is 1.98. The minimum atomic E-state index is 0.661. The highest BCUT2D eigenvalue weighted by molar-refractivity contribution is 6.33. The zero-order valence-electron chi connectivity index (χ0n) is 9.83. The molecule has 0 aliphatic carbocycles. The number of halogens is 1. The first-order valence-corrected chi connectivity index (χ1v) is 5.95. The summed E-state index contributed by atoms with van der Waals surface area (Å²) >= 11 is 6.10. The number of aryl methyl sites for hydroxylation is 1. The van der Waals surface area contributed by atoms with Gasteiger partial charge in [0.05, 0.1) is 10.7 Å². The van der Waals surface area contributed by atoms with E-state index in [-0.39, 0.29) is 0 Å². The van der Waals surface area contributed by atoms with Crippen LogP contribution in [0.25, 0.3) is 0 Å². The van der Waals surface area contributed by atoms with E-state index in [1.165, 1.54) is 5.69 Å². The molecule has 0 bridgehead atoms. The van der Waals surface area contributed by atoms with E-state index in [9.17, 15) is 0 Å². The molecule has 16 heavy (non-hydrogen) atoms. The second-order valence-electron chi connectivity index (χ2n) is 4.45. The summed E-state index contributed by atoms with van der Waals surface area (Å²) in [7, 11) is 2.15. The van der Waals surface area contributed by atoms with Gasteiger partial charge in [-0.15, -0.1) is 0 Å². The lowest BCUT2D eigenvalue weighted by Gasteiger charge is -2.34. The normalized spacial score (nSPS) is 17.8. The first kappa shape index (κ1) is 11.6. The molecule has 0 amide bonds. The molecule has 1 aliphatic rings. The zero-order chi connectivity index (χ0) is 11.7. The van der Waals surface area contributed by atoms with Crippen molar-refractivity contribution in [3.8, 4) is 0 Å². The number of benzene rings is 1. The van der Waals surface area contributed by atoms with Crippen LogP contribution in [0.4, 0.5) is 11.4 Å². The van der Waals surface area contributed by atoms with Gasteiger partial charge in [-0.1, -0.05) is 11.6 Å². The first-order valence-electron chi connectivity index (χ1n) is 5.57. The molecule has 2 N–H and O–H groups in total. The van der Waals surface area contributed by atoms with E-state index in [1.807, 2.05) is 13.0 Å². The van der Waals surface area contributed by atoms with Crippen LogP contribution in [0.5, 0.6) is 0 Å². The van der Waals surface area contributed by atoms with Gasteiger partial charge in [0, 0.05) is 31.9 Å². The van der Waals surface area contributed by atoms with Crippen molar-refractivity contribution in [3.63, 3.8) is 0 Å². The number of anilines is 2. The quantitative estimate of drug-likeness (QED) is 0.761. The van der Waals surface area contributed by atoms with Gasteiger partial charge in [-0.05, 0) is 31.7 Å². The van der Waals surface area contributed by atoms with Crippen LogP contribution in [0.2, 0.25) is 5.02 Å². The Bertz CT molecular complexity index is 361. The highest BCUT2D eigenvalue weighted by atomic mass is 35.5. The largest absolute Gasteiger partial charge is 0.397 e. The highest BCUT2D eigenvalue weighted by Crippen LogP contribution is 2.29. The van der Waals surface area contributed by atoms with Crippen molar-refractivity contribution in [2.75, 3.05) is 43.9 Å². The van der Waals surface area contributed by atoms with Gasteiger partial charge in [0.2, 0.25) is 0 Å². The van der Waals surface area contributed by atoms with E-state index in [1.54, 1.807) is 0 Å². The summed E-state index contributed by atoms with van der Waals surface area (Å²) in [5.41, 5.74) is 8.78. The molecule has 1 fully saturated rings. The summed E-state index contributed by atoms with van der Waals surface area (Å²) in [6, 6.07) is 4.09. The van der Waals surface area contributed by atoms with Gasteiger partial charge in [0.15, 0.2) is 0 Å². The van der Waals surface area contributed by atoms with E-state index in [0.29, 0.717) is 10.7 Å². The predicted molar refractivity (Wildman–Crippen MR) is 70.3 cm³/mol. The van der Waals surface area contributed by atoms with Crippen LogP contribution in [0.1, 0.15) is 5.56 Å². The van der Waals surface area contributed by atoms with Gasteiger partial charge < -0.3 is 15.5 Å². The second kappa shape index (κ2) is 4.52. The molecule has 88 valence electrons. The van der Waals surface area contributed by atoms with Crippen LogP contribution in [-0.2, 0) is 0 Å². The Kier molecular flexibility index (Phi) is 3.26. The molecule has 3 nitrogen and oxygen atoms in total. The maximum absolute atomic E-state index is 6.10. The Hall–Kier alpha value is -0.930. The summed E-state index contributed by atoms with van der Waals surface area (Å²) in [5, 5.41) is 0.661. The van der Waals surface area contributed by atoms with E-state index in [4.69, 9.17) is 17.3 Å². The number of rotatable bonds is 1. The van der Waals surface area contributed by atoms with Crippen molar-refractivity contribution < 1.29 is 0 Å². The fourth-order valence-corrected chi connectivity index (χ4v) is 2.25. The highest BCUT2D eigenvalue weighted by Gasteiger charge is 2.15. The van der Waals surface area contributed by atoms with Crippen molar-refractivity contribution in [2.24, 2.45) is 0 Å². The molecule has 1 heterocycles. The zero-order valence-corrected chi connectivity index (χ0v) is 10.6. The van der Waals surface area contributed by atoms with Crippen molar-refractivity contribution in [1.82, 2.24) is 4.90 Å². The van der Waals surface area contributed by atoms with Crippen molar-refractivity contribution in [2.45, 2.75) is 6.92 Å². The molecule has 1 saturated heterocycles. The molecular formula is C12H18ClN3.